The van der Waals surface area contributed by atoms with Gasteiger partial charge in [-0.3, -0.25) is 0 Å². The molecule has 0 saturated heterocycles. The normalized spacial score (nSPS) is 10.8. The molecule has 0 atom stereocenters. The van der Waals surface area contributed by atoms with Gasteiger partial charge in [0.15, 0.2) is 5.82 Å². The third-order valence-electron chi connectivity index (χ3n) is 2.77. The number of hydrogen-bond donors (Lipinski definition) is 1. The zero-order chi connectivity index (χ0) is 13.7. The highest BCUT2D eigenvalue weighted by Crippen LogP contribution is 2.30. The van der Waals surface area contributed by atoms with Gasteiger partial charge in [-0.1, -0.05) is 17.7 Å². The summed E-state index contributed by atoms with van der Waals surface area (Å²) < 4.78 is 6.74. The molecule has 0 bridgehead atoms. The van der Waals surface area contributed by atoms with E-state index in [1.165, 1.54) is 0 Å². The topological polar surface area (TPSA) is 78.8 Å². The summed E-state index contributed by atoms with van der Waals surface area (Å²) in [7, 11) is 1.69. The van der Waals surface area contributed by atoms with Crippen LogP contribution in [0.5, 0.6) is 0 Å². The SMILES string of the molecule is COCCCCn1nnnc1-c1cccc(N)c1Cl. The largest absolute Gasteiger partial charge is 0.398 e. The Morgan fingerprint density at radius 2 is 2.21 bits per heavy atom. The molecule has 0 spiro atoms. The number of tetrazole rings is 1. The Morgan fingerprint density at radius 1 is 1.37 bits per heavy atom. The zero-order valence-corrected chi connectivity index (χ0v) is 11.5. The number of nitrogen functional groups attached to an aromatic ring is 1. The fraction of sp³-hybridized carbons (Fsp3) is 0.417. The van der Waals surface area contributed by atoms with E-state index < -0.39 is 0 Å². The molecule has 1 aromatic carbocycles. The molecule has 2 rings (SSSR count). The number of nitrogens with zero attached hydrogens (tertiary/aromatic N) is 4. The summed E-state index contributed by atoms with van der Waals surface area (Å²) in [6, 6.07) is 5.44. The molecule has 0 saturated carbocycles. The lowest BCUT2D eigenvalue weighted by Gasteiger charge is -2.07. The van der Waals surface area contributed by atoms with E-state index in [-0.39, 0.29) is 0 Å². The van der Waals surface area contributed by atoms with Gasteiger partial charge >= 0.3 is 0 Å². The first-order valence-corrected chi connectivity index (χ1v) is 6.41. The van der Waals surface area contributed by atoms with Crippen LogP contribution >= 0.6 is 11.6 Å². The maximum atomic E-state index is 6.19. The zero-order valence-electron chi connectivity index (χ0n) is 10.7. The number of unbranched alkanes of at least 4 members (excludes halogenated alkanes) is 1. The monoisotopic (exact) mass is 281 g/mol. The molecule has 19 heavy (non-hydrogen) atoms. The van der Waals surface area contributed by atoms with Crippen LogP contribution in [-0.4, -0.2) is 33.9 Å². The van der Waals surface area contributed by atoms with Gasteiger partial charge in [0.1, 0.15) is 0 Å². The molecule has 1 aromatic heterocycles. The van der Waals surface area contributed by atoms with Gasteiger partial charge in [-0.15, -0.1) is 5.10 Å². The van der Waals surface area contributed by atoms with E-state index in [9.17, 15) is 0 Å². The van der Waals surface area contributed by atoms with Crippen molar-refractivity contribution < 1.29 is 4.74 Å². The first-order chi connectivity index (χ1) is 9.24. The number of aryl methyl sites for hydroxylation is 1. The van der Waals surface area contributed by atoms with E-state index >= 15 is 0 Å². The Balaban J connectivity index is 2.17. The molecule has 2 N–H and O–H groups in total. The third-order valence-corrected chi connectivity index (χ3v) is 3.19. The van der Waals surface area contributed by atoms with Crippen molar-refractivity contribution in [2.24, 2.45) is 0 Å². The van der Waals surface area contributed by atoms with Crippen LogP contribution in [0.25, 0.3) is 11.4 Å². The molecule has 0 fully saturated rings. The van der Waals surface area contributed by atoms with Crippen molar-refractivity contribution in [2.75, 3.05) is 19.5 Å². The second-order valence-corrected chi connectivity index (χ2v) is 4.51. The van der Waals surface area contributed by atoms with E-state index in [4.69, 9.17) is 22.1 Å². The lowest BCUT2D eigenvalue weighted by molar-refractivity contribution is 0.191. The maximum absolute atomic E-state index is 6.19. The van der Waals surface area contributed by atoms with E-state index in [0.717, 1.165) is 31.6 Å². The highest BCUT2D eigenvalue weighted by molar-refractivity contribution is 6.35. The first-order valence-electron chi connectivity index (χ1n) is 6.03. The number of anilines is 1. The van der Waals surface area contributed by atoms with Crippen molar-refractivity contribution in [3.63, 3.8) is 0 Å². The molecule has 2 aromatic rings. The average molecular weight is 282 g/mol. The number of halogens is 1. The Bertz CT molecular complexity index is 543. The Labute approximate surface area is 116 Å². The smallest absolute Gasteiger partial charge is 0.183 e. The van der Waals surface area contributed by atoms with E-state index in [1.807, 2.05) is 12.1 Å². The number of ether oxygens (including phenoxy) is 1. The molecule has 0 unspecified atom stereocenters. The molecule has 6 nitrogen and oxygen atoms in total. The van der Waals surface area contributed by atoms with Crippen molar-refractivity contribution in [3.8, 4) is 11.4 Å². The van der Waals surface area contributed by atoms with Crippen LogP contribution in [0.1, 0.15) is 12.8 Å². The molecule has 0 aliphatic carbocycles. The lowest BCUT2D eigenvalue weighted by atomic mass is 10.2. The number of rotatable bonds is 6. The van der Waals surface area contributed by atoms with Crippen molar-refractivity contribution in [3.05, 3.63) is 23.2 Å². The molecular weight excluding hydrogens is 266 g/mol. The van der Waals surface area contributed by atoms with Crippen molar-refractivity contribution in [1.82, 2.24) is 20.2 Å². The van der Waals surface area contributed by atoms with Crippen LogP contribution in [0.2, 0.25) is 5.02 Å². The van der Waals surface area contributed by atoms with Gasteiger partial charge in [0, 0.05) is 25.8 Å². The highest BCUT2D eigenvalue weighted by atomic mass is 35.5. The molecule has 1 heterocycles. The molecule has 0 aliphatic heterocycles. The Kier molecular flexibility index (Phi) is 4.70. The number of hydrogen-bond acceptors (Lipinski definition) is 5. The molecule has 102 valence electrons. The van der Waals surface area contributed by atoms with Gasteiger partial charge in [0.25, 0.3) is 0 Å². The van der Waals surface area contributed by atoms with Crippen LogP contribution in [0, 0.1) is 0 Å². The van der Waals surface area contributed by atoms with Crippen LogP contribution < -0.4 is 5.73 Å². The molecule has 0 amide bonds. The average Bonchev–Trinajstić information content (AvgIpc) is 2.86. The fourth-order valence-electron chi connectivity index (χ4n) is 1.78. The highest BCUT2D eigenvalue weighted by Gasteiger charge is 2.13. The van der Waals surface area contributed by atoms with Gasteiger partial charge in [0.05, 0.1) is 10.7 Å². The first kappa shape index (κ1) is 13.8. The molecule has 0 radical (unpaired) electrons. The quantitative estimate of drug-likeness (QED) is 0.647. The maximum Gasteiger partial charge on any atom is 0.183 e. The minimum absolute atomic E-state index is 0.482. The summed E-state index contributed by atoms with van der Waals surface area (Å²) in [6.07, 6.45) is 1.90. The lowest BCUT2D eigenvalue weighted by Crippen LogP contribution is -2.05. The van der Waals surface area contributed by atoms with Crippen molar-refractivity contribution >= 4 is 17.3 Å². The Hall–Kier alpha value is -1.66. The van der Waals surface area contributed by atoms with Crippen LogP contribution in [-0.2, 0) is 11.3 Å². The molecular formula is C12H16ClN5O. The van der Waals surface area contributed by atoms with Gasteiger partial charge in [-0.05, 0) is 35.4 Å². The number of nitrogens with two attached hydrogens (primary N) is 1. The van der Waals surface area contributed by atoms with Gasteiger partial charge < -0.3 is 10.5 Å². The fourth-order valence-corrected chi connectivity index (χ4v) is 1.99. The third kappa shape index (κ3) is 3.21. The second kappa shape index (κ2) is 6.49. The van der Waals surface area contributed by atoms with E-state index in [0.29, 0.717) is 16.5 Å². The number of aromatic nitrogens is 4. The Morgan fingerprint density at radius 3 is 3.00 bits per heavy atom. The minimum atomic E-state index is 0.482. The summed E-state index contributed by atoms with van der Waals surface area (Å²) in [4.78, 5) is 0. The van der Waals surface area contributed by atoms with Gasteiger partial charge in [-0.2, -0.15) is 0 Å². The van der Waals surface area contributed by atoms with Crippen molar-refractivity contribution in [1.29, 1.82) is 0 Å². The van der Waals surface area contributed by atoms with Crippen molar-refractivity contribution in [2.45, 2.75) is 19.4 Å². The summed E-state index contributed by atoms with van der Waals surface area (Å²) in [5.74, 6) is 0.634. The van der Waals surface area contributed by atoms with Gasteiger partial charge in [-0.25, -0.2) is 4.68 Å². The standard InChI is InChI=1S/C12H16ClN5O/c1-19-8-3-2-7-18-12(15-16-17-18)9-5-4-6-10(14)11(9)13/h4-6H,2-3,7-8,14H2,1H3. The molecule has 0 aliphatic rings. The van der Waals surface area contributed by atoms with E-state index in [2.05, 4.69) is 15.5 Å². The summed E-state index contributed by atoms with van der Waals surface area (Å²) in [5, 5.41) is 12.2. The van der Waals surface area contributed by atoms with Gasteiger partial charge in [0.2, 0.25) is 0 Å². The second-order valence-electron chi connectivity index (χ2n) is 4.13. The van der Waals surface area contributed by atoms with Crippen LogP contribution in [0.3, 0.4) is 0 Å². The predicted molar refractivity (Wildman–Crippen MR) is 73.8 cm³/mol. The minimum Gasteiger partial charge on any atom is -0.398 e. The van der Waals surface area contributed by atoms with E-state index in [1.54, 1.807) is 17.9 Å². The summed E-state index contributed by atoms with van der Waals surface area (Å²) >= 11 is 6.19. The predicted octanol–water partition coefficient (Wildman–Crippen LogP) is 2.00. The summed E-state index contributed by atoms with van der Waals surface area (Å²) in [5.41, 5.74) is 7.06. The number of benzene rings is 1. The summed E-state index contributed by atoms with van der Waals surface area (Å²) in [6.45, 7) is 1.45. The van der Waals surface area contributed by atoms with Crippen LogP contribution in [0.15, 0.2) is 18.2 Å². The van der Waals surface area contributed by atoms with Crippen LogP contribution in [0.4, 0.5) is 5.69 Å². The number of methoxy groups -OCH3 is 1. The molecule has 7 heteroatoms.